The van der Waals surface area contributed by atoms with E-state index in [-0.39, 0.29) is 12.2 Å². The molecule has 1 N–H and O–H groups in total. The lowest BCUT2D eigenvalue weighted by Gasteiger charge is -2.20. The van der Waals surface area contributed by atoms with Gasteiger partial charge in [-0.1, -0.05) is 23.7 Å². The first-order valence-corrected chi connectivity index (χ1v) is 7.52. The highest BCUT2D eigenvalue weighted by Crippen LogP contribution is 2.27. The van der Waals surface area contributed by atoms with Crippen LogP contribution in [-0.4, -0.2) is 22.1 Å². The molecule has 0 fully saturated rings. The van der Waals surface area contributed by atoms with E-state index in [1.807, 2.05) is 32.2 Å². The molecule has 1 aliphatic heterocycles. The summed E-state index contributed by atoms with van der Waals surface area (Å²) < 4.78 is 1.70. The summed E-state index contributed by atoms with van der Waals surface area (Å²) in [5.41, 5.74) is 4.55. The van der Waals surface area contributed by atoms with Crippen molar-refractivity contribution in [1.82, 2.24) is 9.78 Å². The van der Waals surface area contributed by atoms with Crippen molar-refractivity contribution in [1.29, 1.82) is 0 Å². The number of hydrogen-bond acceptors (Lipinski definition) is 3. The maximum absolute atomic E-state index is 12.7. The van der Waals surface area contributed by atoms with Crippen LogP contribution in [0.2, 0.25) is 5.02 Å². The molecule has 21 heavy (non-hydrogen) atoms. The number of aromatic nitrogens is 2. The lowest BCUT2D eigenvalue weighted by atomic mass is 9.93. The Hall–Kier alpha value is -1.81. The van der Waals surface area contributed by atoms with Crippen molar-refractivity contribution in [2.45, 2.75) is 26.2 Å². The Balaban J connectivity index is 1.93. The molecule has 0 spiro atoms. The van der Waals surface area contributed by atoms with E-state index < -0.39 is 0 Å². The summed E-state index contributed by atoms with van der Waals surface area (Å²) in [5.74, 6) is 0.0976. The molecule has 1 aliphatic rings. The van der Waals surface area contributed by atoms with E-state index in [2.05, 4.69) is 10.4 Å². The monoisotopic (exact) mass is 303 g/mol. The first-order chi connectivity index (χ1) is 10.1. The summed E-state index contributed by atoms with van der Waals surface area (Å²) in [6.45, 7) is 2.82. The number of nitrogens with zero attached hydrogens (tertiary/aromatic N) is 2. The molecule has 2 heterocycles. The molecule has 0 radical (unpaired) electrons. The third-order valence-corrected chi connectivity index (χ3v) is 4.48. The molecule has 0 saturated carbocycles. The van der Waals surface area contributed by atoms with Gasteiger partial charge in [0.25, 0.3) is 0 Å². The van der Waals surface area contributed by atoms with Gasteiger partial charge in [0.2, 0.25) is 0 Å². The molecule has 1 aromatic heterocycles. The average molecular weight is 304 g/mol. The van der Waals surface area contributed by atoms with Gasteiger partial charge in [-0.15, -0.1) is 0 Å². The van der Waals surface area contributed by atoms with E-state index in [1.54, 1.807) is 4.68 Å². The van der Waals surface area contributed by atoms with Gasteiger partial charge in [0, 0.05) is 24.8 Å². The minimum Gasteiger partial charge on any atom is -0.385 e. The molecule has 5 heteroatoms. The zero-order valence-electron chi connectivity index (χ0n) is 12.2. The Kier molecular flexibility index (Phi) is 3.72. The van der Waals surface area contributed by atoms with Crippen molar-refractivity contribution in [3.63, 3.8) is 0 Å². The van der Waals surface area contributed by atoms with Crippen LogP contribution >= 0.6 is 11.6 Å². The molecular formula is C16H18ClN3O. The summed E-state index contributed by atoms with van der Waals surface area (Å²) in [6, 6.07) is 5.87. The number of rotatable bonds is 3. The second-order valence-corrected chi connectivity index (χ2v) is 5.81. The molecule has 0 aliphatic carbocycles. The van der Waals surface area contributed by atoms with Gasteiger partial charge < -0.3 is 5.32 Å². The van der Waals surface area contributed by atoms with Crippen molar-refractivity contribution >= 4 is 23.1 Å². The molecule has 0 unspecified atom stereocenters. The highest BCUT2D eigenvalue weighted by molar-refractivity contribution is 6.32. The van der Waals surface area contributed by atoms with E-state index in [4.69, 9.17) is 11.6 Å². The third kappa shape index (κ3) is 2.56. The van der Waals surface area contributed by atoms with Gasteiger partial charge in [0.1, 0.15) is 0 Å². The zero-order chi connectivity index (χ0) is 15.0. The maximum atomic E-state index is 12.7. The summed E-state index contributed by atoms with van der Waals surface area (Å²) in [7, 11) is 1.82. The van der Waals surface area contributed by atoms with Crippen molar-refractivity contribution < 1.29 is 4.79 Å². The SMILES string of the molecule is Cc1nn(C)c(CC(=O)c2cccc3c2CCCN3)c1Cl. The Morgan fingerprint density at radius 1 is 1.48 bits per heavy atom. The Labute approximate surface area is 129 Å². The molecule has 3 rings (SSSR count). The predicted octanol–water partition coefficient (Wildman–Crippen LogP) is 3.17. The van der Waals surface area contributed by atoms with Crippen LogP contribution in [0.5, 0.6) is 0 Å². The van der Waals surface area contributed by atoms with E-state index in [0.717, 1.165) is 47.6 Å². The number of hydrogen-bond donors (Lipinski definition) is 1. The number of Topliss-reactive ketones (excluding diaryl/α,β-unsaturated/α-hetero) is 1. The second kappa shape index (κ2) is 5.53. The number of carbonyl (C=O) groups is 1. The minimum atomic E-state index is 0.0976. The fraction of sp³-hybridized carbons (Fsp3) is 0.375. The molecule has 0 atom stereocenters. The largest absolute Gasteiger partial charge is 0.385 e. The van der Waals surface area contributed by atoms with Crippen LogP contribution in [0.1, 0.15) is 33.7 Å². The van der Waals surface area contributed by atoms with E-state index >= 15 is 0 Å². The van der Waals surface area contributed by atoms with Crippen LogP contribution in [0.4, 0.5) is 5.69 Å². The third-order valence-electron chi connectivity index (χ3n) is 3.99. The lowest BCUT2D eigenvalue weighted by Crippen LogP contribution is -2.17. The van der Waals surface area contributed by atoms with E-state index in [0.29, 0.717) is 5.02 Å². The molecule has 4 nitrogen and oxygen atoms in total. The van der Waals surface area contributed by atoms with Crippen molar-refractivity contribution in [2.24, 2.45) is 7.05 Å². The Morgan fingerprint density at radius 2 is 2.29 bits per heavy atom. The van der Waals surface area contributed by atoms with Gasteiger partial charge in [-0.3, -0.25) is 9.48 Å². The normalized spacial score (nSPS) is 13.7. The van der Waals surface area contributed by atoms with Crippen LogP contribution in [0, 0.1) is 6.92 Å². The van der Waals surface area contributed by atoms with Gasteiger partial charge in [-0.25, -0.2) is 0 Å². The van der Waals surface area contributed by atoms with Gasteiger partial charge in [-0.2, -0.15) is 5.10 Å². The highest BCUT2D eigenvalue weighted by atomic mass is 35.5. The van der Waals surface area contributed by atoms with E-state index in [9.17, 15) is 4.79 Å². The standard InChI is InChI=1S/C16H18ClN3O/c1-10-16(17)14(20(2)19-10)9-15(21)12-5-3-7-13-11(12)6-4-8-18-13/h3,5,7,18H,4,6,8-9H2,1-2H3. The summed E-state index contributed by atoms with van der Waals surface area (Å²) in [6.07, 6.45) is 2.29. The van der Waals surface area contributed by atoms with Crippen molar-refractivity contribution in [3.8, 4) is 0 Å². The number of halogens is 1. The fourth-order valence-electron chi connectivity index (χ4n) is 2.89. The van der Waals surface area contributed by atoms with Crippen molar-refractivity contribution in [2.75, 3.05) is 11.9 Å². The predicted molar refractivity (Wildman–Crippen MR) is 84.2 cm³/mol. The van der Waals surface area contributed by atoms with Gasteiger partial charge in [0.15, 0.2) is 5.78 Å². The highest BCUT2D eigenvalue weighted by Gasteiger charge is 2.20. The number of anilines is 1. The molecule has 110 valence electrons. The quantitative estimate of drug-likeness (QED) is 0.886. The maximum Gasteiger partial charge on any atom is 0.169 e. The number of carbonyl (C=O) groups excluding carboxylic acids is 1. The summed E-state index contributed by atoms with van der Waals surface area (Å²) in [4.78, 5) is 12.7. The van der Waals surface area contributed by atoms with E-state index in [1.165, 1.54) is 0 Å². The van der Waals surface area contributed by atoms with Gasteiger partial charge in [0.05, 0.1) is 22.8 Å². The number of ketones is 1. The molecule has 1 aromatic carbocycles. The Bertz CT molecular complexity index is 706. The zero-order valence-corrected chi connectivity index (χ0v) is 13.0. The molecule has 0 bridgehead atoms. The van der Waals surface area contributed by atoms with Crippen molar-refractivity contribution in [3.05, 3.63) is 45.7 Å². The number of aryl methyl sites for hydroxylation is 2. The van der Waals surface area contributed by atoms with Crippen LogP contribution in [0.3, 0.4) is 0 Å². The first-order valence-electron chi connectivity index (χ1n) is 7.15. The molecule has 2 aromatic rings. The van der Waals surface area contributed by atoms with Crippen LogP contribution in [0.15, 0.2) is 18.2 Å². The first kappa shape index (κ1) is 14.1. The topological polar surface area (TPSA) is 46.9 Å². The molecule has 0 amide bonds. The fourth-order valence-corrected chi connectivity index (χ4v) is 3.12. The molecular weight excluding hydrogens is 286 g/mol. The van der Waals surface area contributed by atoms with Crippen LogP contribution in [0.25, 0.3) is 0 Å². The number of fused-ring (bicyclic) bond motifs is 1. The number of nitrogens with one attached hydrogen (secondary N) is 1. The Morgan fingerprint density at radius 3 is 3.00 bits per heavy atom. The summed E-state index contributed by atoms with van der Waals surface area (Å²) in [5, 5.41) is 8.21. The average Bonchev–Trinajstić information content (AvgIpc) is 2.73. The number of benzene rings is 1. The van der Waals surface area contributed by atoms with Gasteiger partial charge >= 0.3 is 0 Å². The van der Waals surface area contributed by atoms with Gasteiger partial charge in [-0.05, 0) is 31.4 Å². The smallest absolute Gasteiger partial charge is 0.169 e. The van der Waals surface area contributed by atoms with Crippen LogP contribution < -0.4 is 5.32 Å². The lowest BCUT2D eigenvalue weighted by molar-refractivity contribution is 0.0990. The summed E-state index contributed by atoms with van der Waals surface area (Å²) >= 11 is 6.24. The molecule has 0 saturated heterocycles. The minimum absolute atomic E-state index is 0.0976. The van der Waals surface area contributed by atoms with Crippen LogP contribution in [-0.2, 0) is 19.9 Å². The second-order valence-electron chi connectivity index (χ2n) is 5.43.